The Morgan fingerprint density at radius 2 is 1.81 bits per heavy atom. The third-order valence-corrected chi connectivity index (χ3v) is 3.22. The second kappa shape index (κ2) is 6.32. The van der Waals surface area contributed by atoms with Gasteiger partial charge < -0.3 is 9.52 Å². The Kier molecular flexibility index (Phi) is 4.69. The number of hydrogen-bond donors (Lipinski definition) is 1. The molecule has 2 atom stereocenters. The summed E-state index contributed by atoms with van der Waals surface area (Å²) in [6.07, 6.45) is -5.94. The maximum Gasteiger partial charge on any atom is 0.416 e. The number of halogens is 3. The fraction of sp³-hybridized carbons (Fsp3) is 0.333. The molecule has 0 radical (unpaired) electrons. The lowest BCUT2D eigenvalue weighted by Crippen LogP contribution is -2.42. The van der Waals surface area contributed by atoms with Crippen LogP contribution in [0.2, 0.25) is 0 Å². The zero-order valence-corrected chi connectivity index (χ0v) is 11.4. The van der Waals surface area contributed by atoms with Gasteiger partial charge >= 0.3 is 6.18 Å². The summed E-state index contributed by atoms with van der Waals surface area (Å²) in [6.45, 7) is 0.263. The van der Waals surface area contributed by atoms with Gasteiger partial charge in [0.1, 0.15) is 11.8 Å². The topological polar surface area (TPSA) is 36.6 Å². The zero-order chi connectivity index (χ0) is 15.5. The predicted octanol–water partition coefficient (Wildman–Crippen LogP) is 3.38. The SMILES string of the molecule is CN(Cc1ccccc1)[C@H](c1ccco1)[C@@H](O)C(F)(F)F. The molecule has 1 aromatic heterocycles. The first-order valence-electron chi connectivity index (χ1n) is 6.42. The second-order valence-electron chi connectivity index (χ2n) is 4.85. The van der Waals surface area contributed by atoms with E-state index in [1.165, 1.54) is 30.3 Å². The van der Waals surface area contributed by atoms with E-state index in [0.29, 0.717) is 0 Å². The smallest absolute Gasteiger partial charge is 0.416 e. The van der Waals surface area contributed by atoms with Crippen molar-refractivity contribution < 1.29 is 22.7 Å². The van der Waals surface area contributed by atoms with Gasteiger partial charge in [-0.2, -0.15) is 13.2 Å². The molecule has 2 rings (SSSR count). The van der Waals surface area contributed by atoms with E-state index in [-0.39, 0.29) is 12.3 Å². The molecule has 0 bridgehead atoms. The van der Waals surface area contributed by atoms with Gasteiger partial charge in [-0.15, -0.1) is 0 Å². The number of nitrogens with zero attached hydrogens (tertiary/aromatic N) is 1. The highest BCUT2D eigenvalue weighted by molar-refractivity contribution is 5.16. The fourth-order valence-electron chi connectivity index (χ4n) is 2.22. The first kappa shape index (κ1) is 15.6. The Labute approximate surface area is 120 Å². The number of aliphatic hydroxyl groups excluding tert-OH is 1. The van der Waals surface area contributed by atoms with Crippen molar-refractivity contribution in [1.82, 2.24) is 4.90 Å². The maximum atomic E-state index is 12.9. The first-order chi connectivity index (χ1) is 9.89. The molecule has 0 amide bonds. The summed E-state index contributed by atoms with van der Waals surface area (Å²) in [5, 5.41) is 9.64. The van der Waals surface area contributed by atoms with Gasteiger partial charge in [0.2, 0.25) is 0 Å². The van der Waals surface area contributed by atoms with Crippen LogP contribution in [0.4, 0.5) is 13.2 Å². The lowest BCUT2D eigenvalue weighted by molar-refractivity contribution is -0.224. The molecule has 6 heteroatoms. The van der Waals surface area contributed by atoms with Gasteiger partial charge in [0.15, 0.2) is 6.10 Å². The molecule has 1 heterocycles. The Morgan fingerprint density at radius 1 is 1.14 bits per heavy atom. The molecule has 0 spiro atoms. The fourth-order valence-corrected chi connectivity index (χ4v) is 2.22. The maximum absolute atomic E-state index is 12.9. The van der Waals surface area contributed by atoms with Crippen LogP contribution in [0.5, 0.6) is 0 Å². The van der Waals surface area contributed by atoms with Crippen molar-refractivity contribution in [1.29, 1.82) is 0 Å². The van der Waals surface area contributed by atoms with Gasteiger partial charge in [-0.1, -0.05) is 30.3 Å². The molecule has 0 aliphatic heterocycles. The first-order valence-corrected chi connectivity index (χ1v) is 6.42. The number of furan rings is 1. The van der Waals surface area contributed by atoms with Gasteiger partial charge in [-0.25, -0.2) is 0 Å². The van der Waals surface area contributed by atoms with E-state index < -0.39 is 18.3 Å². The summed E-state index contributed by atoms with van der Waals surface area (Å²) in [4.78, 5) is 1.42. The molecule has 0 fully saturated rings. The zero-order valence-electron chi connectivity index (χ0n) is 11.4. The molecular formula is C15H16F3NO2. The number of hydrogen-bond acceptors (Lipinski definition) is 3. The van der Waals surface area contributed by atoms with Crippen LogP contribution in [-0.2, 0) is 6.54 Å². The summed E-state index contributed by atoms with van der Waals surface area (Å²) < 4.78 is 43.7. The third kappa shape index (κ3) is 3.86. The lowest BCUT2D eigenvalue weighted by atomic mass is 10.1. The Bertz CT molecular complexity index is 540. The quantitative estimate of drug-likeness (QED) is 0.919. The predicted molar refractivity (Wildman–Crippen MR) is 71.4 cm³/mol. The average Bonchev–Trinajstić information content (AvgIpc) is 2.92. The van der Waals surface area contributed by atoms with E-state index in [9.17, 15) is 18.3 Å². The summed E-state index contributed by atoms with van der Waals surface area (Å²) in [5.41, 5.74) is 0.853. The van der Waals surface area contributed by atoms with Crippen molar-refractivity contribution >= 4 is 0 Å². The van der Waals surface area contributed by atoms with E-state index >= 15 is 0 Å². The Hall–Kier alpha value is -1.79. The molecule has 0 aliphatic rings. The van der Waals surface area contributed by atoms with Crippen LogP contribution >= 0.6 is 0 Å². The number of rotatable bonds is 5. The molecule has 0 saturated heterocycles. The Balaban J connectivity index is 2.23. The average molecular weight is 299 g/mol. The summed E-state index contributed by atoms with van der Waals surface area (Å²) in [7, 11) is 1.52. The van der Waals surface area contributed by atoms with E-state index in [4.69, 9.17) is 4.42 Å². The standard InChI is InChI=1S/C15H16F3NO2/c1-19(10-11-6-3-2-4-7-11)13(12-8-5-9-21-12)14(20)15(16,17)18/h2-9,13-14,20H,10H2,1H3/t13-,14-/m1/s1. The van der Waals surface area contributed by atoms with Crippen LogP contribution in [0.3, 0.4) is 0 Å². The van der Waals surface area contributed by atoms with Gasteiger partial charge in [0, 0.05) is 6.54 Å². The lowest BCUT2D eigenvalue weighted by Gasteiger charge is -2.31. The molecule has 2 aromatic rings. The minimum atomic E-state index is -4.72. The van der Waals surface area contributed by atoms with Crippen LogP contribution in [0, 0.1) is 0 Å². The van der Waals surface area contributed by atoms with Crippen molar-refractivity contribution in [3.05, 3.63) is 60.1 Å². The van der Waals surface area contributed by atoms with Crippen LogP contribution in [-0.4, -0.2) is 29.3 Å². The molecule has 114 valence electrons. The molecule has 1 N–H and O–H groups in total. The van der Waals surface area contributed by atoms with Gasteiger partial charge in [0.25, 0.3) is 0 Å². The number of alkyl halides is 3. The minimum Gasteiger partial charge on any atom is -0.468 e. The van der Waals surface area contributed by atoms with Crippen molar-refractivity contribution in [3.8, 4) is 0 Å². The van der Waals surface area contributed by atoms with Gasteiger partial charge in [-0.3, -0.25) is 4.90 Å². The van der Waals surface area contributed by atoms with Crippen LogP contribution in [0.15, 0.2) is 53.1 Å². The largest absolute Gasteiger partial charge is 0.468 e. The normalized spacial score (nSPS) is 15.1. The van der Waals surface area contributed by atoms with E-state index in [2.05, 4.69) is 0 Å². The molecule has 0 saturated carbocycles. The monoisotopic (exact) mass is 299 g/mol. The molecule has 0 aliphatic carbocycles. The highest BCUT2D eigenvalue weighted by Gasteiger charge is 2.46. The highest BCUT2D eigenvalue weighted by Crippen LogP contribution is 2.34. The number of aliphatic hydroxyl groups is 1. The molecule has 21 heavy (non-hydrogen) atoms. The van der Waals surface area contributed by atoms with Crippen LogP contribution in [0.1, 0.15) is 17.4 Å². The van der Waals surface area contributed by atoms with E-state index in [0.717, 1.165) is 5.56 Å². The minimum absolute atomic E-state index is 0.0817. The molecule has 0 unspecified atom stereocenters. The number of benzene rings is 1. The molecular weight excluding hydrogens is 283 g/mol. The van der Waals surface area contributed by atoms with E-state index in [1.807, 2.05) is 30.3 Å². The molecule has 3 nitrogen and oxygen atoms in total. The van der Waals surface area contributed by atoms with Gasteiger partial charge in [-0.05, 0) is 24.7 Å². The van der Waals surface area contributed by atoms with Crippen molar-refractivity contribution in [2.75, 3.05) is 7.05 Å². The van der Waals surface area contributed by atoms with Crippen molar-refractivity contribution in [2.24, 2.45) is 0 Å². The highest BCUT2D eigenvalue weighted by atomic mass is 19.4. The third-order valence-electron chi connectivity index (χ3n) is 3.22. The second-order valence-corrected chi connectivity index (χ2v) is 4.85. The number of likely N-dealkylation sites (N-methyl/N-ethyl adjacent to an activating group) is 1. The van der Waals surface area contributed by atoms with E-state index in [1.54, 1.807) is 0 Å². The van der Waals surface area contributed by atoms with Crippen molar-refractivity contribution in [3.63, 3.8) is 0 Å². The summed E-state index contributed by atoms with van der Waals surface area (Å²) in [6, 6.07) is 10.7. The van der Waals surface area contributed by atoms with Gasteiger partial charge in [0.05, 0.1) is 6.26 Å². The molecule has 1 aromatic carbocycles. The Morgan fingerprint density at radius 3 is 2.33 bits per heavy atom. The van der Waals surface area contributed by atoms with Crippen LogP contribution in [0.25, 0.3) is 0 Å². The summed E-state index contributed by atoms with van der Waals surface area (Å²) in [5.74, 6) is 0.0817. The summed E-state index contributed by atoms with van der Waals surface area (Å²) >= 11 is 0. The van der Waals surface area contributed by atoms with Crippen LogP contribution < -0.4 is 0 Å². The van der Waals surface area contributed by atoms with Crippen molar-refractivity contribution in [2.45, 2.75) is 24.9 Å².